The highest BCUT2D eigenvalue weighted by Crippen LogP contribution is 2.38. The van der Waals surface area contributed by atoms with Crippen molar-refractivity contribution in [3.63, 3.8) is 0 Å². The fourth-order valence-corrected chi connectivity index (χ4v) is 14.0. The molecule has 0 atom stereocenters. The van der Waals surface area contributed by atoms with Crippen molar-refractivity contribution in [3.05, 3.63) is 301 Å². The summed E-state index contributed by atoms with van der Waals surface area (Å²) in [6.07, 6.45) is 10.8. The summed E-state index contributed by atoms with van der Waals surface area (Å²) in [5.74, 6) is 1.56. The van der Waals surface area contributed by atoms with Gasteiger partial charge in [-0.3, -0.25) is 42.8 Å². The number of rotatable bonds is 19. The molecule has 0 saturated carbocycles. The summed E-state index contributed by atoms with van der Waals surface area (Å²) < 4.78 is 24.2. The highest BCUT2D eigenvalue weighted by molar-refractivity contribution is 6.66. The van der Waals surface area contributed by atoms with Crippen LogP contribution < -0.4 is 69.6 Å². The molecule has 0 spiro atoms. The lowest BCUT2D eigenvalue weighted by Crippen LogP contribution is -2.34. The van der Waals surface area contributed by atoms with Crippen LogP contribution in [0.2, 0.25) is 20.1 Å². The normalized spacial score (nSPS) is 11.6. The Kier molecular flexibility index (Phi) is 34.3. The van der Waals surface area contributed by atoms with Gasteiger partial charge in [-0.15, -0.1) is 0 Å². The van der Waals surface area contributed by atoms with Crippen LogP contribution in [0.3, 0.4) is 0 Å². The Morgan fingerprint density at radius 1 is 0.435 bits per heavy atom. The molecule has 16 rings (SSSR count). The van der Waals surface area contributed by atoms with Gasteiger partial charge in [-0.2, -0.15) is 0 Å². The SMILES string of the molecule is CN(C(=O)OC(C)(C)C)c1cccc(-n2c(=O)n(-c3ccc(Cl)cc3)c3c(N)ncnc32)c1.CN(C(=O)OC(C)(C)C)c1cccc(N2C(=O)Cc3c(N)ncnc32)c1.CN(C)C/C=C/C(=O)Cl.CN(C)C/C=C/C(=O)N(C)c1cccc(-n2c(=O)n(-c3ccc(Cl)cc3)c3c(N)ncnc32)c1.CNc1cccc(-n2c(=O)n(-c3ccc(Cl)cc3)c3c(N)ncnc32)c1.O[B]Oc1ccc(Cl)cc1. The maximum atomic E-state index is 13.6. The lowest BCUT2D eigenvalue weighted by Gasteiger charge is -2.25. The first-order valence-corrected chi connectivity index (χ1v) is 43.9. The van der Waals surface area contributed by atoms with E-state index >= 15 is 0 Å². The Morgan fingerprint density at radius 2 is 0.775 bits per heavy atom. The predicted octanol–water partition coefficient (Wildman–Crippen LogP) is 14.7. The number of nitrogen functional groups attached to an aromatic ring is 4. The van der Waals surface area contributed by atoms with E-state index in [0.717, 1.165) is 12.2 Å². The first-order chi connectivity index (χ1) is 65.6. The van der Waals surface area contributed by atoms with E-state index < -0.39 is 34.3 Å². The van der Waals surface area contributed by atoms with Gasteiger partial charge in [0.2, 0.25) is 17.1 Å². The van der Waals surface area contributed by atoms with Gasteiger partial charge in [-0.05, 0) is 257 Å². The quantitative estimate of drug-likeness (QED) is 0.0249. The minimum Gasteiger partial charge on any atom is -0.537 e. The van der Waals surface area contributed by atoms with Crippen molar-refractivity contribution in [1.29, 1.82) is 0 Å². The highest BCUT2D eigenvalue weighted by Gasteiger charge is 2.34. The maximum Gasteiger partial charge on any atom is 0.569 e. The first-order valence-electron chi connectivity index (χ1n) is 42.0. The zero-order valence-corrected chi connectivity index (χ0v) is 81.2. The molecule has 1 aliphatic rings. The molecule has 1 radical (unpaired) electrons. The van der Waals surface area contributed by atoms with Crippen LogP contribution >= 0.6 is 58.0 Å². The molecule has 8 heterocycles. The Hall–Kier alpha value is -15.3. The van der Waals surface area contributed by atoms with Crippen molar-refractivity contribution in [2.24, 2.45) is 0 Å². The van der Waals surface area contributed by atoms with E-state index in [1.54, 1.807) is 245 Å². The summed E-state index contributed by atoms with van der Waals surface area (Å²) in [5.41, 5.74) is 31.6. The molecular weight excluding hydrogens is 1870 g/mol. The number of fused-ring (bicyclic) bond motifs is 4. The number of hydrogen-bond donors (Lipinski definition) is 6. The number of carbonyl (C=O) groups is 5. The predicted molar refractivity (Wildman–Crippen MR) is 544 cm³/mol. The van der Waals surface area contributed by atoms with Crippen LogP contribution in [0.15, 0.2) is 258 Å². The summed E-state index contributed by atoms with van der Waals surface area (Å²) >= 11 is 28.6. The summed E-state index contributed by atoms with van der Waals surface area (Å²) in [7, 11) is 15.0. The molecule has 0 fully saturated rings. The van der Waals surface area contributed by atoms with Crippen LogP contribution in [-0.4, -0.2) is 200 Å². The number of halogens is 5. The van der Waals surface area contributed by atoms with Crippen molar-refractivity contribution in [1.82, 2.24) is 77.1 Å². The fourth-order valence-electron chi connectivity index (χ4n) is 13.4. The van der Waals surface area contributed by atoms with E-state index in [1.165, 1.54) is 84.5 Å². The van der Waals surface area contributed by atoms with E-state index in [4.69, 9.17) is 95.4 Å². The maximum absolute atomic E-state index is 13.6. The third-order valence-corrected chi connectivity index (χ3v) is 21.0. The van der Waals surface area contributed by atoms with Crippen LogP contribution in [0.5, 0.6) is 5.75 Å². The van der Waals surface area contributed by atoms with E-state index in [1.807, 2.05) is 69.3 Å². The Bertz CT molecular complexity index is 7180. The second kappa shape index (κ2) is 45.8. The van der Waals surface area contributed by atoms with Crippen molar-refractivity contribution in [2.45, 2.75) is 59.2 Å². The third-order valence-electron chi connectivity index (χ3n) is 19.9. The lowest BCUT2D eigenvalue weighted by atomic mass is 10.2. The van der Waals surface area contributed by atoms with Crippen LogP contribution in [0.4, 0.5) is 67.1 Å². The van der Waals surface area contributed by atoms with Gasteiger partial charge in [0, 0.05) is 95.8 Å². The molecule has 4 amide bonds. The Morgan fingerprint density at radius 3 is 1.14 bits per heavy atom. The Balaban J connectivity index is 0.000000166. The molecule has 1 aliphatic heterocycles. The summed E-state index contributed by atoms with van der Waals surface area (Å²) in [4.78, 5) is 143. The number of anilines is 10. The van der Waals surface area contributed by atoms with Gasteiger partial charge in [0.15, 0.2) is 34.4 Å². The zero-order valence-electron chi connectivity index (χ0n) is 77.4. The standard InChI is InChI=1S/C24H24ClN7O2.C23H23ClN6O3.C18H15ClN6O.C18H21N5O3.C6H5BClO2.C6H10ClNO/c1-29(2)13-5-8-20(33)30(3)18-6-4-7-19(14-18)32-23-21(22(26)27-15-28-23)31(24(32)34)17-11-9-16(25)10-12-17;1-23(2,3)33-22(32)28(4)16-6-5-7-17(12-16)30-20-18(19(25)26-13-27-20)29(21(30)31)15-10-8-14(24)9-11-15;1-21-12-3-2-4-14(9-12)25-17-15(16(20)22-10-23-17)24(18(25)26)13-7-5-11(19)6-8-13;1-18(2,3)26-17(25)22(4)11-6-5-7-12(8-11)23-14(24)9-13-15(19)20-10-21-16(13)23;8-5-1-3-6(4-2-5)10-7-9;1-8(2)5-3-4-6(7)9/h4-12,14-15H,13H2,1-3H3,(H2,26,27,28);5-13H,1-4H3,(H2,25,26,27);2-10,21H,1H3,(H2,20,22,23);5-8,10H,9H2,1-4H3,(H2,19,20,21);1-4,9H;3-4H,5H2,1-2H3/b8-5+;;;;;4-3+. The number of aromatic nitrogens is 14. The van der Waals surface area contributed by atoms with Crippen molar-refractivity contribution in [3.8, 4) is 39.9 Å². The number of amides is 4. The van der Waals surface area contributed by atoms with Gasteiger partial charge in [0.25, 0.3) is 0 Å². The van der Waals surface area contributed by atoms with E-state index in [9.17, 15) is 38.4 Å². The number of benzene rings is 8. The third kappa shape index (κ3) is 25.6. The van der Waals surface area contributed by atoms with E-state index in [0.29, 0.717) is 148 Å². The largest absolute Gasteiger partial charge is 0.569 e. The monoisotopic (exact) mass is 1970 g/mol. The topological polar surface area (TPSA) is 453 Å². The number of nitrogens with zero attached hydrogens (tertiary/aromatic N) is 20. The molecule has 0 unspecified atom stereocenters. The number of carbonyl (C=O) groups excluding carboxylic acids is 5. The van der Waals surface area contributed by atoms with Crippen LogP contribution in [-0.2, 0) is 30.3 Å². The smallest absolute Gasteiger partial charge is 0.537 e. The summed E-state index contributed by atoms with van der Waals surface area (Å²) in [5, 5.41) is 13.2. The van der Waals surface area contributed by atoms with Gasteiger partial charge in [-0.25, -0.2) is 77.5 Å². The Labute approximate surface area is 818 Å². The molecule has 10 N–H and O–H groups in total. The van der Waals surface area contributed by atoms with Crippen LogP contribution in [0, 0.1) is 0 Å². The molecule has 0 aliphatic carbocycles. The van der Waals surface area contributed by atoms with Crippen molar-refractivity contribution in [2.75, 3.05) is 117 Å². The molecule has 0 saturated heterocycles. The molecule has 8 aromatic carbocycles. The molecule has 7 aromatic heterocycles. The number of likely N-dealkylation sites (N-methyl/N-ethyl adjacent to an activating group) is 3. The second-order valence-electron chi connectivity index (χ2n) is 32.7. The van der Waals surface area contributed by atoms with E-state index in [-0.39, 0.29) is 47.1 Å². The number of imidazole rings is 3. The molecule has 0 bridgehead atoms. The van der Waals surface area contributed by atoms with Gasteiger partial charge in [-0.1, -0.05) is 82.8 Å². The number of allylic oxidation sites excluding steroid dienone is 1. The lowest BCUT2D eigenvalue weighted by molar-refractivity contribution is -0.117. The number of ether oxygens (including phenoxy) is 2. The molecule has 37 nitrogen and oxygen atoms in total. The molecule has 138 heavy (non-hydrogen) atoms. The zero-order chi connectivity index (χ0) is 100. The average Bonchev–Trinajstić information content (AvgIpc) is 1.60. The minimum absolute atomic E-state index is 0.147. The molecule has 15 aromatic rings. The number of nitrogens with two attached hydrogens (primary N) is 4. The minimum atomic E-state index is -0.639. The van der Waals surface area contributed by atoms with Gasteiger partial charge >= 0.3 is 36.9 Å². The first kappa shape index (κ1) is 103. The summed E-state index contributed by atoms with van der Waals surface area (Å²) in [6, 6.07) is 55.8. The second-order valence-corrected chi connectivity index (χ2v) is 34.8. The van der Waals surface area contributed by atoms with Crippen molar-refractivity contribution < 1.29 is 43.1 Å². The van der Waals surface area contributed by atoms with Crippen LogP contribution in [0.1, 0.15) is 47.1 Å². The van der Waals surface area contributed by atoms with Gasteiger partial charge in [0.05, 0.1) is 46.2 Å². The molecule has 713 valence electrons. The molecule has 43 heteroatoms. The molecular formula is C95H98BCl5N25O12. The average molecular weight is 1970 g/mol. The van der Waals surface area contributed by atoms with Gasteiger partial charge in [0.1, 0.15) is 70.4 Å². The number of hydrogen-bond acceptors (Lipinski definition) is 27. The van der Waals surface area contributed by atoms with E-state index in [2.05, 4.69) is 49.8 Å². The summed E-state index contributed by atoms with van der Waals surface area (Å²) in [6.45, 7) is 12.2. The van der Waals surface area contributed by atoms with Crippen molar-refractivity contribution >= 4 is 186 Å². The number of nitrogens with one attached hydrogen (secondary N) is 1. The van der Waals surface area contributed by atoms with Crippen LogP contribution in [0.25, 0.3) is 67.6 Å². The van der Waals surface area contributed by atoms with Gasteiger partial charge < -0.3 is 62.1 Å². The fraction of sp³-hybridized carbons (Fsp3) is 0.200. The highest BCUT2D eigenvalue weighted by atomic mass is 35.5.